The smallest absolute Gasteiger partial charge is 0.229 e. The number of carbonyl (C=O) groups is 1. The number of anilines is 1. The van der Waals surface area contributed by atoms with E-state index < -0.39 is 6.17 Å². The van der Waals surface area contributed by atoms with Gasteiger partial charge in [-0.15, -0.1) is 0 Å². The number of halogens is 2. The predicted octanol–water partition coefficient (Wildman–Crippen LogP) is 5.68. The molecular formula is C28H33ClFN5O. The van der Waals surface area contributed by atoms with Gasteiger partial charge in [-0.1, -0.05) is 24.9 Å². The Morgan fingerprint density at radius 3 is 2.58 bits per heavy atom. The molecule has 0 radical (unpaired) electrons. The van der Waals surface area contributed by atoms with Crippen molar-refractivity contribution < 1.29 is 9.18 Å². The summed E-state index contributed by atoms with van der Waals surface area (Å²) in [4.78, 5) is 19.9. The Kier molecular flexibility index (Phi) is 6.24. The van der Waals surface area contributed by atoms with E-state index in [9.17, 15) is 9.18 Å². The summed E-state index contributed by atoms with van der Waals surface area (Å²) in [5.74, 6) is 1.51. The number of hydrogen-bond donors (Lipinski definition) is 1. The molecule has 0 unspecified atom stereocenters. The first-order valence-corrected chi connectivity index (χ1v) is 13.6. The van der Waals surface area contributed by atoms with Crippen molar-refractivity contribution in [2.45, 2.75) is 63.1 Å². The average molecular weight is 510 g/mol. The topological polar surface area (TPSA) is 63.1 Å². The predicted molar refractivity (Wildman–Crippen MR) is 140 cm³/mol. The molecule has 3 atom stereocenters. The minimum Gasteiger partial charge on any atom is -0.310 e. The number of nitrogens with one attached hydrogen (secondary N) is 1. The molecule has 36 heavy (non-hydrogen) atoms. The fourth-order valence-corrected chi connectivity index (χ4v) is 6.91. The highest BCUT2D eigenvalue weighted by atomic mass is 35.5. The van der Waals surface area contributed by atoms with Gasteiger partial charge in [0, 0.05) is 60.8 Å². The zero-order valence-corrected chi connectivity index (χ0v) is 21.6. The van der Waals surface area contributed by atoms with Crippen molar-refractivity contribution >= 4 is 34.1 Å². The van der Waals surface area contributed by atoms with Crippen LogP contribution in [0.1, 0.15) is 62.0 Å². The van der Waals surface area contributed by atoms with Gasteiger partial charge in [0.05, 0.1) is 6.20 Å². The number of benzene rings is 1. The van der Waals surface area contributed by atoms with E-state index in [0.29, 0.717) is 36.8 Å². The number of carbonyl (C=O) groups excluding carboxylic acids is 1. The number of alkyl halides is 1. The zero-order chi connectivity index (χ0) is 25.0. The standard InChI is InChI=1S/C28H33ClFN5O/c1-3-22-26(19-12-32-34(2)13-19)27(22)28(36)33-25-10-17-8-23(24(29)9-18(17)11-31-25)16-4-6-21(7-5-16)35-14-20(30)15-35/h8-13,16,20-22,26-27H,3-7,14-15H2,1-2H3,(H,31,33,36)/t16-,21+,22-,26+,27+/m0/s1. The van der Waals surface area contributed by atoms with E-state index in [2.05, 4.69) is 33.3 Å². The number of amides is 1. The lowest BCUT2D eigenvalue weighted by Crippen LogP contribution is -2.54. The first kappa shape index (κ1) is 23.9. The minimum atomic E-state index is -0.644. The van der Waals surface area contributed by atoms with Crippen LogP contribution < -0.4 is 5.32 Å². The van der Waals surface area contributed by atoms with Crippen LogP contribution in [0, 0.1) is 11.8 Å². The Bertz CT molecular complexity index is 1280. The molecule has 0 spiro atoms. The van der Waals surface area contributed by atoms with Crippen LogP contribution in [0.5, 0.6) is 0 Å². The van der Waals surface area contributed by atoms with Crippen molar-refractivity contribution in [3.63, 3.8) is 0 Å². The molecule has 190 valence electrons. The lowest BCUT2D eigenvalue weighted by molar-refractivity contribution is -0.117. The highest BCUT2D eigenvalue weighted by molar-refractivity contribution is 6.32. The summed E-state index contributed by atoms with van der Waals surface area (Å²) in [7, 11) is 1.90. The first-order chi connectivity index (χ1) is 17.4. The van der Waals surface area contributed by atoms with Gasteiger partial charge in [0.2, 0.25) is 5.91 Å². The van der Waals surface area contributed by atoms with Crippen LogP contribution in [0.3, 0.4) is 0 Å². The minimum absolute atomic E-state index is 0.0246. The molecule has 3 aromatic rings. The molecule has 8 heteroatoms. The number of pyridine rings is 1. The SMILES string of the molecule is CC[C@@H]1[C@@H](C(=O)Nc2cc3cc([C@H]4CC[C@@H](N5CC(F)C5)CC4)c(Cl)cc3cn2)[C@@H]1c1cnn(C)c1. The van der Waals surface area contributed by atoms with Gasteiger partial charge in [0.15, 0.2) is 0 Å². The molecule has 1 saturated heterocycles. The summed E-state index contributed by atoms with van der Waals surface area (Å²) in [6, 6.07) is 6.63. The molecule has 2 aliphatic carbocycles. The normalized spacial score (nSPS) is 28.7. The molecule has 3 heterocycles. The van der Waals surface area contributed by atoms with E-state index >= 15 is 0 Å². The third-order valence-electron chi connectivity index (χ3n) is 8.66. The number of likely N-dealkylation sites (tertiary alicyclic amines) is 1. The van der Waals surface area contributed by atoms with E-state index in [1.807, 2.05) is 31.6 Å². The van der Waals surface area contributed by atoms with E-state index in [1.54, 1.807) is 10.9 Å². The average Bonchev–Trinajstić information content (AvgIpc) is 3.44. The summed E-state index contributed by atoms with van der Waals surface area (Å²) in [5.41, 5.74) is 2.30. The van der Waals surface area contributed by atoms with Crippen LogP contribution in [-0.2, 0) is 11.8 Å². The monoisotopic (exact) mass is 509 g/mol. The molecule has 6 rings (SSSR count). The molecule has 2 aromatic heterocycles. The molecule has 1 amide bonds. The Morgan fingerprint density at radius 1 is 1.14 bits per heavy atom. The van der Waals surface area contributed by atoms with Gasteiger partial charge in [0.25, 0.3) is 0 Å². The van der Waals surface area contributed by atoms with Gasteiger partial charge in [-0.3, -0.25) is 14.4 Å². The molecule has 6 nitrogen and oxygen atoms in total. The highest BCUT2D eigenvalue weighted by Gasteiger charge is 2.54. The maximum Gasteiger partial charge on any atom is 0.229 e. The third kappa shape index (κ3) is 4.41. The number of aryl methyl sites for hydroxylation is 1. The van der Waals surface area contributed by atoms with Crippen LogP contribution in [0.4, 0.5) is 10.2 Å². The Morgan fingerprint density at radius 2 is 1.92 bits per heavy atom. The number of rotatable bonds is 6. The lowest BCUT2D eigenvalue weighted by Gasteiger charge is -2.43. The fraction of sp³-hybridized carbons (Fsp3) is 0.536. The molecular weight excluding hydrogens is 477 g/mol. The van der Waals surface area contributed by atoms with Crippen molar-refractivity contribution in [2.75, 3.05) is 18.4 Å². The molecule has 1 N–H and O–H groups in total. The summed E-state index contributed by atoms with van der Waals surface area (Å²) >= 11 is 6.71. The molecule has 0 bridgehead atoms. The van der Waals surface area contributed by atoms with Gasteiger partial charge in [-0.25, -0.2) is 9.37 Å². The second-order valence-electron chi connectivity index (χ2n) is 10.9. The van der Waals surface area contributed by atoms with E-state index in [4.69, 9.17) is 11.6 Å². The lowest BCUT2D eigenvalue weighted by atomic mass is 9.80. The Hall–Kier alpha value is -2.51. The third-order valence-corrected chi connectivity index (χ3v) is 8.99. The fourth-order valence-electron chi connectivity index (χ4n) is 6.59. The van der Waals surface area contributed by atoms with E-state index in [0.717, 1.165) is 53.5 Å². The summed E-state index contributed by atoms with van der Waals surface area (Å²) < 4.78 is 15.1. The van der Waals surface area contributed by atoms with Crippen LogP contribution in [0.25, 0.3) is 10.8 Å². The van der Waals surface area contributed by atoms with E-state index in [-0.39, 0.29) is 17.7 Å². The second kappa shape index (κ2) is 9.42. The number of fused-ring (bicyclic) bond motifs is 1. The Labute approximate surface area is 216 Å². The number of aromatic nitrogens is 3. The van der Waals surface area contributed by atoms with Crippen LogP contribution in [-0.4, -0.2) is 50.9 Å². The zero-order valence-electron chi connectivity index (χ0n) is 20.8. The summed E-state index contributed by atoms with van der Waals surface area (Å²) in [5, 5.41) is 10.1. The molecule has 1 aliphatic heterocycles. The molecule has 3 fully saturated rings. The molecule has 3 aliphatic rings. The second-order valence-corrected chi connectivity index (χ2v) is 11.3. The van der Waals surface area contributed by atoms with Crippen molar-refractivity contribution in [2.24, 2.45) is 18.9 Å². The Balaban J connectivity index is 1.16. The van der Waals surface area contributed by atoms with Crippen LogP contribution in [0.15, 0.2) is 36.8 Å². The van der Waals surface area contributed by atoms with Crippen molar-refractivity contribution in [3.8, 4) is 0 Å². The van der Waals surface area contributed by atoms with Gasteiger partial charge in [0.1, 0.15) is 12.0 Å². The van der Waals surface area contributed by atoms with Crippen molar-refractivity contribution in [1.82, 2.24) is 19.7 Å². The quantitative estimate of drug-likeness (QED) is 0.464. The first-order valence-electron chi connectivity index (χ1n) is 13.2. The highest BCUT2D eigenvalue weighted by Crippen LogP contribution is 2.56. The van der Waals surface area contributed by atoms with Gasteiger partial charge >= 0.3 is 0 Å². The van der Waals surface area contributed by atoms with Gasteiger partial charge in [-0.2, -0.15) is 5.10 Å². The van der Waals surface area contributed by atoms with Gasteiger partial charge < -0.3 is 5.32 Å². The van der Waals surface area contributed by atoms with Gasteiger partial charge in [-0.05, 0) is 72.2 Å². The summed E-state index contributed by atoms with van der Waals surface area (Å²) in [6.07, 6.45) is 10.3. The maximum atomic E-state index is 13.3. The largest absolute Gasteiger partial charge is 0.310 e. The van der Waals surface area contributed by atoms with Crippen LogP contribution in [0.2, 0.25) is 5.02 Å². The summed E-state index contributed by atoms with van der Waals surface area (Å²) in [6.45, 7) is 3.32. The van der Waals surface area contributed by atoms with Crippen molar-refractivity contribution in [3.05, 3.63) is 52.9 Å². The molecule has 1 aromatic carbocycles. The van der Waals surface area contributed by atoms with Crippen molar-refractivity contribution in [1.29, 1.82) is 0 Å². The number of hydrogen-bond acceptors (Lipinski definition) is 4. The van der Waals surface area contributed by atoms with Crippen LogP contribution >= 0.6 is 11.6 Å². The maximum absolute atomic E-state index is 13.3. The van der Waals surface area contributed by atoms with E-state index in [1.165, 1.54) is 5.56 Å². The number of nitrogens with zero attached hydrogens (tertiary/aromatic N) is 4. The molecule has 2 saturated carbocycles.